The van der Waals surface area contributed by atoms with E-state index < -0.39 is 30.6 Å². The van der Waals surface area contributed by atoms with Gasteiger partial charge in [0.15, 0.2) is 5.60 Å². The summed E-state index contributed by atoms with van der Waals surface area (Å²) in [6, 6.07) is 29.5. The highest BCUT2D eigenvalue weighted by Gasteiger charge is 2.66. The van der Waals surface area contributed by atoms with Crippen LogP contribution in [-0.2, 0) is 37.8 Å². The third kappa shape index (κ3) is 6.99. The number of nitro benzene ring substituents is 1. The number of aliphatic hydroxyl groups is 1. The van der Waals surface area contributed by atoms with Gasteiger partial charge in [0.25, 0.3) is 11.6 Å². The Morgan fingerprint density at radius 3 is 2.41 bits per heavy atom. The molecule has 7 rings (SSSR count). The largest absolute Gasteiger partial charge is 0.497 e. The van der Waals surface area contributed by atoms with Crippen LogP contribution in [0.15, 0.2) is 97.1 Å². The van der Waals surface area contributed by atoms with E-state index in [9.17, 15) is 24.8 Å². The van der Waals surface area contributed by atoms with Crippen molar-refractivity contribution in [1.82, 2.24) is 4.90 Å². The average Bonchev–Trinajstić information content (AvgIpc) is 3.83. The summed E-state index contributed by atoms with van der Waals surface area (Å²) in [5.74, 6) is -0.313. The van der Waals surface area contributed by atoms with E-state index in [2.05, 4.69) is 13.1 Å². The number of hydrogen-bond acceptors (Lipinski definition) is 8. The van der Waals surface area contributed by atoms with E-state index in [0.29, 0.717) is 36.5 Å². The quantitative estimate of drug-likeness (QED) is 0.101. The second-order valence-corrected chi connectivity index (χ2v) is 20.2. The number of nitrogens with zero attached hydrogens (tertiary/aromatic N) is 4. The van der Waals surface area contributed by atoms with Gasteiger partial charge in [0.05, 0.1) is 51.5 Å². The van der Waals surface area contributed by atoms with E-state index >= 15 is 4.79 Å². The van der Waals surface area contributed by atoms with Crippen LogP contribution in [0.2, 0.25) is 18.6 Å². The monoisotopic (exact) mass is 776 g/mol. The Hall–Kier alpha value is -5.37. The molecule has 56 heavy (non-hydrogen) atoms. The highest BCUT2D eigenvalue weighted by atomic mass is 28.3. The molecule has 4 aromatic carbocycles. The number of carbonyl (C=O) groups is 3. The first kappa shape index (κ1) is 38.9. The standard InChI is InChI=1S/C43H48N4O8Si/c1-29-41(56(3,4)35-18-16-34(54-2)17-19-35)38(26-40(50)44(22-23-48)27-30-10-6-5-7-11-30)55-43(29)36-25-33(47(52)53)15-20-37(36)46(42(43)51)28-31-12-8-13-32(24-31)45-21-9-14-39(45)49/h5-8,10-13,15-20,24-25,29,38,41,48H,9,14,21-23,26-28H2,1-4H3/t29-,38+,41-,43+/m0/s1. The van der Waals surface area contributed by atoms with Gasteiger partial charge in [-0.1, -0.05) is 79.8 Å². The maximum Gasteiger partial charge on any atom is 0.269 e. The Labute approximate surface area is 327 Å². The lowest BCUT2D eigenvalue weighted by Gasteiger charge is -2.37. The van der Waals surface area contributed by atoms with E-state index in [1.807, 2.05) is 85.8 Å². The molecule has 3 aliphatic heterocycles. The molecule has 3 heterocycles. The highest BCUT2D eigenvalue weighted by Crippen LogP contribution is 2.60. The van der Waals surface area contributed by atoms with E-state index in [4.69, 9.17) is 9.47 Å². The van der Waals surface area contributed by atoms with Crippen LogP contribution in [0, 0.1) is 16.0 Å². The molecule has 0 aromatic heterocycles. The summed E-state index contributed by atoms with van der Waals surface area (Å²) in [7, 11) is -1.04. The van der Waals surface area contributed by atoms with Crippen molar-refractivity contribution in [3.05, 3.63) is 124 Å². The van der Waals surface area contributed by atoms with Crippen molar-refractivity contribution in [2.45, 2.75) is 69.6 Å². The Balaban J connectivity index is 1.31. The molecule has 0 bridgehead atoms. The summed E-state index contributed by atoms with van der Waals surface area (Å²) in [5, 5.41) is 23.3. The summed E-state index contributed by atoms with van der Waals surface area (Å²) < 4.78 is 12.6. The van der Waals surface area contributed by atoms with Gasteiger partial charge in [0.1, 0.15) is 5.75 Å². The summed E-state index contributed by atoms with van der Waals surface area (Å²) >= 11 is 0. The third-order valence-electron chi connectivity index (χ3n) is 12.0. The van der Waals surface area contributed by atoms with E-state index in [1.54, 1.807) is 27.9 Å². The molecule has 2 saturated heterocycles. The number of methoxy groups -OCH3 is 1. The summed E-state index contributed by atoms with van der Waals surface area (Å²) in [5.41, 5.74) is 1.29. The Kier molecular flexibility index (Phi) is 10.9. The minimum atomic E-state index is -2.65. The lowest BCUT2D eigenvalue weighted by atomic mass is 9.82. The minimum absolute atomic E-state index is 0.0559. The maximum atomic E-state index is 15.3. The Bertz CT molecular complexity index is 2130. The fourth-order valence-corrected chi connectivity index (χ4v) is 13.2. The molecule has 12 nitrogen and oxygen atoms in total. The molecule has 4 aromatic rings. The number of amides is 3. The zero-order valence-corrected chi connectivity index (χ0v) is 33.2. The molecule has 4 atom stereocenters. The molecule has 2 fully saturated rings. The number of non-ortho nitro benzene ring substituents is 1. The van der Waals surface area contributed by atoms with Crippen molar-refractivity contribution in [3.8, 4) is 5.75 Å². The van der Waals surface area contributed by atoms with Gasteiger partial charge < -0.3 is 29.3 Å². The molecule has 1 N–H and O–H groups in total. The van der Waals surface area contributed by atoms with Gasteiger partial charge in [-0.25, -0.2) is 0 Å². The number of hydrogen-bond donors (Lipinski definition) is 1. The van der Waals surface area contributed by atoms with Gasteiger partial charge in [-0.05, 0) is 53.4 Å². The van der Waals surface area contributed by atoms with Crippen molar-refractivity contribution < 1.29 is 33.9 Å². The normalized spacial score (nSPS) is 21.8. The van der Waals surface area contributed by atoms with Crippen molar-refractivity contribution in [2.75, 3.05) is 36.6 Å². The summed E-state index contributed by atoms with van der Waals surface area (Å²) in [6.07, 6.45) is 0.477. The fourth-order valence-electron chi connectivity index (χ4n) is 9.22. The maximum absolute atomic E-state index is 15.3. The van der Waals surface area contributed by atoms with E-state index in [0.717, 1.165) is 28.4 Å². The molecule has 0 saturated carbocycles. The van der Waals surface area contributed by atoms with Crippen LogP contribution in [0.5, 0.6) is 5.75 Å². The van der Waals surface area contributed by atoms with Crippen molar-refractivity contribution in [3.63, 3.8) is 0 Å². The van der Waals surface area contributed by atoms with Gasteiger partial charge in [-0.3, -0.25) is 24.5 Å². The molecule has 3 aliphatic rings. The van der Waals surface area contributed by atoms with Gasteiger partial charge in [0.2, 0.25) is 11.8 Å². The van der Waals surface area contributed by atoms with Gasteiger partial charge in [-0.15, -0.1) is 0 Å². The SMILES string of the molecule is COc1ccc([Si](C)(C)[C@@H]2[C@@H](CC(=O)N(CCO)Cc3ccccc3)O[C@]3(C(=O)N(Cc4cccc(N5CCCC5=O)c4)c4ccc([N+](=O)[O-])cc43)[C@H]2C)cc1. The Morgan fingerprint density at radius 2 is 1.75 bits per heavy atom. The van der Waals surface area contributed by atoms with Gasteiger partial charge >= 0.3 is 0 Å². The zero-order valence-electron chi connectivity index (χ0n) is 32.2. The number of benzene rings is 4. The fraction of sp³-hybridized carbons (Fsp3) is 0.372. The van der Waals surface area contributed by atoms with E-state index in [-0.39, 0.29) is 55.1 Å². The Morgan fingerprint density at radius 1 is 1.02 bits per heavy atom. The van der Waals surface area contributed by atoms with Crippen LogP contribution in [0.25, 0.3) is 0 Å². The third-order valence-corrected chi connectivity index (χ3v) is 16.3. The van der Waals surface area contributed by atoms with Crippen LogP contribution in [0.3, 0.4) is 0 Å². The number of carbonyl (C=O) groups excluding carboxylic acids is 3. The number of anilines is 2. The molecular formula is C43H48N4O8Si. The highest BCUT2D eigenvalue weighted by molar-refractivity contribution is 6.91. The number of rotatable bonds is 13. The lowest BCUT2D eigenvalue weighted by molar-refractivity contribution is -0.385. The second kappa shape index (κ2) is 15.6. The van der Waals surface area contributed by atoms with Crippen LogP contribution in [0.4, 0.5) is 17.1 Å². The predicted octanol–water partition coefficient (Wildman–Crippen LogP) is 5.90. The van der Waals surface area contributed by atoms with Gasteiger partial charge in [0, 0.05) is 55.4 Å². The number of fused-ring (bicyclic) bond motifs is 2. The molecule has 292 valence electrons. The molecule has 0 aliphatic carbocycles. The number of aliphatic hydroxyl groups excluding tert-OH is 1. The summed E-state index contributed by atoms with van der Waals surface area (Å²) in [6.45, 7) is 7.36. The minimum Gasteiger partial charge on any atom is -0.497 e. The van der Waals surface area contributed by atoms with Crippen LogP contribution < -0.4 is 19.7 Å². The first-order chi connectivity index (χ1) is 26.9. The van der Waals surface area contributed by atoms with Crippen LogP contribution in [-0.4, -0.2) is 73.6 Å². The van der Waals surface area contributed by atoms with E-state index in [1.165, 1.54) is 12.1 Å². The molecular weight excluding hydrogens is 729 g/mol. The van der Waals surface area contributed by atoms with Crippen molar-refractivity contribution >= 4 is 48.0 Å². The van der Waals surface area contributed by atoms with Crippen LogP contribution in [0.1, 0.15) is 42.9 Å². The molecule has 0 unspecified atom stereocenters. The zero-order chi connectivity index (χ0) is 39.8. The summed E-state index contributed by atoms with van der Waals surface area (Å²) in [4.78, 5) is 59.1. The number of nitro groups is 1. The molecule has 1 spiro atoms. The van der Waals surface area contributed by atoms with Crippen molar-refractivity contribution in [2.24, 2.45) is 5.92 Å². The molecule has 3 amide bonds. The number of ether oxygens (including phenoxy) is 2. The molecule has 0 radical (unpaired) electrons. The van der Waals surface area contributed by atoms with Gasteiger partial charge in [-0.2, -0.15) is 0 Å². The second-order valence-electron chi connectivity index (χ2n) is 15.6. The predicted molar refractivity (Wildman–Crippen MR) is 215 cm³/mol. The smallest absolute Gasteiger partial charge is 0.269 e. The topological polar surface area (TPSA) is 143 Å². The van der Waals surface area contributed by atoms with Crippen molar-refractivity contribution in [1.29, 1.82) is 0 Å². The molecule has 13 heteroatoms. The first-order valence-electron chi connectivity index (χ1n) is 19.1. The first-order valence-corrected chi connectivity index (χ1v) is 22.2. The average molecular weight is 777 g/mol. The lowest BCUT2D eigenvalue weighted by Crippen LogP contribution is -2.52. The van der Waals surface area contributed by atoms with Crippen LogP contribution >= 0.6 is 0 Å².